The number of imidazole rings is 1. The Morgan fingerprint density at radius 2 is 1.92 bits per heavy atom. The van der Waals surface area contributed by atoms with Crippen LogP contribution in [0.1, 0.15) is 31.5 Å². The number of aryl methyl sites for hydroxylation is 1. The lowest BCUT2D eigenvalue weighted by Crippen LogP contribution is -2.41. The van der Waals surface area contributed by atoms with Gasteiger partial charge in [-0.15, -0.1) is 0 Å². The summed E-state index contributed by atoms with van der Waals surface area (Å²) in [5.74, 6) is 2.19. The van der Waals surface area contributed by atoms with Crippen molar-refractivity contribution in [3.05, 3.63) is 48.5 Å². The minimum atomic E-state index is 0.313. The van der Waals surface area contributed by atoms with Crippen molar-refractivity contribution in [1.29, 1.82) is 0 Å². The minimum absolute atomic E-state index is 0.313. The lowest BCUT2D eigenvalue weighted by atomic mass is 10.1. The third-order valence-electron chi connectivity index (χ3n) is 4.91. The van der Waals surface area contributed by atoms with Gasteiger partial charge in [-0.3, -0.25) is 0 Å². The monoisotopic (exact) mass is 323 g/mol. The highest BCUT2D eigenvalue weighted by Gasteiger charge is 2.21. The quantitative estimate of drug-likeness (QED) is 0.682. The molecule has 24 heavy (non-hydrogen) atoms. The second-order valence-corrected chi connectivity index (χ2v) is 6.67. The maximum atomic E-state index is 5.11. The van der Waals surface area contributed by atoms with E-state index in [0.29, 0.717) is 6.04 Å². The summed E-state index contributed by atoms with van der Waals surface area (Å²) in [6.07, 6.45) is 9.82. The van der Waals surface area contributed by atoms with E-state index in [1.54, 1.807) is 0 Å². The average Bonchev–Trinajstić information content (AvgIpc) is 3.11. The molecule has 1 atom stereocenters. The fraction of sp³-hybridized carbons (Fsp3) is 0.474. The van der Waals surface area contributed by atoms with Crippen LogP contribution in [0.5, 0.6) is 0 Å². The number of para-hydroxylation sites is 1. The van der Waals surface area contributed by atoms with Crippen molar-refractivity contribution >= 4 is 11.6 Å². The van der Waals surface area contributed by atoms with Crippen molar-refractivity contribution in [3.63, 3.8) is 0 Å². The smallest absolute Gasteiger partial charge is 0.198 e. The Balaban J connectivity index is 1.55. The maximum absolute atomic E-state index is 5.11. The van der Waals surface area contributed by atoms with E-state index in [-0.39, 0.29) is 0 Å². The summed E-state index contributed by atoms with van der Waals surface area (Å²) in [7, 11) is 0. The second-order valence-electron chi connectivity index (χ2n) is 6.67. The van der Waals surface area contributed by atoms with Crippen LogP contribution in [0.15, 0.2) is 47.7 Å². The van der Waals surface area contributed by atoms with Crippen LogP contribution < -0.4 is 5.32 Å². The standard InChI is InChI=1S/C19H25N5/c1-3-7-16(8-4-1)21-19(24-11-5-2-6-12-24)22-17-9-13-23-14-10-20-18(23)15-17/h1,3-4,7-8,10,14,17H,2,5-6,9,11-13,15H2,(H,21,22). The van der Waals surface area contributed by atoms with Gasteiger partial charge in [0.15, 0.2) is 5.96 Å². The van der Waals surface area contributed by atoms with E-state index >= 15 is 0 Å². The summed E-state index contributed by atoms with van der Waals surface area (Å²) >= 11 is 0. The van der Waals surface area contributed by atoms with E-state index < -0.39 is 0 Å². The molecule has 1 fully saturated rings. The molecule has 0 radical (unpaired) electrons. The van der Waals surface area contributed by atoms with Crippen LogP contribution in [-0.2, 0) is 13.0 Å². The van der Waals surface area contributed by atoms with Crippen LogP contribution in [0, 0.1) is 0 Å². The molecule has 1 saturated heterocycles. The zero-order valence-corrected chi connectivity index (χ0v) is 14.1. The maximum Gasteiger partial charge on any atom is 0.198 e. The number of guanidine groups is 1. The van der Waals surface area contributed by atoms with Crippen LogP contribution in [0.4, 0.5) is 5.69 Å². The van der Waals surface area contributed by atoms with Gasteiger partial charge < -0.3 is 14.8 Å². The minimum Gasteiger partial charge on any atom is -0.343 e. The first-order chi connectivity index (χ1) is 11.9. The number of anilines is 1. The fourth-order valence-electron chi connectivity index (χ4n) is 3.57. The lowest BCUT2D eigenvalue weighted by Gasteiger charge is -2.32. The van der Waals surface area contributed by atoms with Crippen LogP contribution >= 0.6 is 0 Å². The molecule has 0 aliphatic carbocycles. The molecule has 2 aromatic rings. The average molecular weight is 323 g/mol. The fourth-order valence-corrected chi connectivity index (χ4v) is 3.57. The Morgan fingerprint density at radius 1 is 1.08 bits per heavy atom. The van der Waals surface area contributed by atoms with Crippen molar-refractivity contribution in [1.82, 2.24) is 14.5 Å². The Labute approximate surface area is 143 Å². The summed E-state index contributed by atoms with van der Waals surface area (Å²) in [4.78, 5) is 12.0. The summed E-state index contributed by atoms with van der Waals surface area (Å²) in [6, 6.07) is 10.7. The molecule has 126 valence electrons. The van der Waals surface area contributed by atoms with E-state index in [2.05, 4.69) is 50.2 Å². The molecule has 0 amide bonds. The predicted octanol–water partition coefficient (Wildman–Crippen LogP) is 3.15. The largest absolute Gasteiger partial charge is 0.343 e. The number of hydrogen-bond donors (Lipinski definition) is 1. The van der Waals surface area contributed by atoms with Gasteiger partial charge in [0, 0.05) is 44.1 Å². The van der Waals surface area contributed by atoms with Gasteiger partial charge >= 0.3 is 0 Å². The lowest BCUT2D eigenvalue weighted by molar-refractivity contribution is 0.337. The highest BCUT2D eigenvalue weighted by molar-refractivity contribution is 5.93. The van der Waals surface area contributed by atoms with E-state index in [4.69, 9.17) is 4.99 Å². The van der Waals surface area contributed by atoms with Gasteiger partial charge in [-0.1, -0.05) is 18.2 Å². The number of aromatic nitrogens is 2. The topological polar surface area (TPSA) is 45.5 Å². The van der Waals surface area contributed by atoms with Gasteiger partial charge in [0.25, 0.3) is 0 Å². The van der Waals surface area contributed by atoms with Gasteiger partial charge in [0.1, 0.15) is 5.82 Å². The molecule has 1 unspecified atom stereocenters. The van der Waals surface area contributed by atoms with Crippen LogP contribution in [0.2, 0.25) is 0 Å². The molecule has 0 saturated carbocycles. The molecular formula is C19H25N5. The highest BCUT2D eigenvalue weighted by atomic mass is 15.3. The predicted molar refractivity (Wildman–Crippen MR) is 97.3 cm³/mol. The van der Waals surface area contributed by atoms with Crippen molar-refractivity contribution in [3.8, 4) is 0 Å². The van der Waals surface area contributed by atoms with Crippen LogP contribution in [0.3, 0.4) is 0 Å². The Bertz CT molecular complexity index is 685. The summed E-state index contributed by atoms with van der Waals surface area (Å²) in [5.41, 5.74) is 1.11. The number of nitrogens with zero attached hydrogens (tertiary/aromatic N) is 4. The van der Waals surface area contributed by atoms with Crippen LogP contribution in [-0.4, -0.2) is 39.5 Å². The number of likely N-dealkylation sites (tertiary alicyclic amines) is 1. The first-order valence-electron chi connectivity index (χ1n) is 9.03. The number of benzene rings is 1. The molecule has 0 spiro atoms. The first-order valence-corrected chi connectivity index (χ1v) is 9.03. The number of fused-ring (bicyclic) bond motifs is 1. The van der Waals surface area contributed by atoms with Crippen molar-refractivity contribution in [2.24, 2.45) is 4.99 Å². The van der Waals surface area contributed by atoms with E-state index in [1.807, 2.05) is 12.3 Å². The third-order valence-corrected chi connectivity index (χ3v) is 4.91. The molecule has 2 aliphatic heterocycles. The zero-order chi connectivity index (χ0) is 16.2. The molecule has 2 aliphatic rings. The Morgan fingerprint density at radius 3 is 2.75 bits per heavy atom. The van der Waals surface area contributed by atoms with Gasteiger partial charge in [-0.2, -0.15) is 0 Å². The summed E-state index contributed by atoms with van der Waals surface area (Å²) < 4.78 is 2.25. The molecule has 5 heteroatoms. The molecule has 1 aromatic heterocycles. The number of nitrogens with one attached hydrogen (secondary N) is 1. The third kappa shape index (κ3) is 3.45. The number of rotatable bonds is 2. The number of aliphatic imine (C=N–C) groups is 1. The molecule has 5 nitrogen and oxygen atoms in total. The Hall–Kier alpha value is -2.30. The molecule has 0 bridgehead atoms. The van der Waals surface area contributed by atoms with E-state index in [1.165, 1.54) is 19.3 Å². The SMILES string of the molecule is c1ccc(NC(=NC2CCn3ccnc3C2)N2CCCCC2)cc1. The van der Waals surface area contributed by atoms with Gasteiger partial charge in [0.05, 0.1) is 6.04 Å². The van der Waals surface area contributed by atoms with Gasteiger partial charge in [-0.05, 0) is 37.8 Å². The summed E-state index contributed by atoms with van der Waals surface area (Å²) in [5, 5.41) is 3.56. The van der Waals surface area contributed by atoms with Crippen molar-refractivity contribution < 1.29 is 0 Å². The van der Waals surface area contributed by atoms with Gasteiger partial charge in [0.2, 0.25) is 0 Å². The first kappa shape index (κ1) is 15.2. The zero-order valence-electron chi connectivity index (χ0n) is 14.1. The normalized spacial score (nSPS) is 21.4. The molecular weight excluding hydrogens is 298 g/mol. The highest BCUT2D eigenvalue weighted by Crippen LogP contribution is 2.18. The molecule has 3 heterocycles. The molecule has 4 rings (SSSR count). The van der Waals surface area contributed by atoms with Crippen molar-refractivity contribution in [2.75, 3.05) is 18.4 Å². The van der Waals surface area contributed by atoms with Gasteiger partial charge in [-0.25, -0.2) is 9.98 Å². The second kappa shape index (κ2) is 7.07. The number of piperidine rings is 1. The number of hydrogen-bond acceptors (Lipinski definition) is 2. The molecule has 1 aromatic carbocycles. The molecule has 1 N–H and O–H groups in total. The van der Waals surface area contributed by atoms with Crippen molar-refractivity contribution in [2.45, 2.75) is 44.7 Å². The Kier molecular flexibility index (Phi) is 4.49. The van der Waals surface area contributed by atoms with E-state index in [9.17, 15) is 0 Å². The van der Waals surface area contributed by atoms with Crippen LogP contribution in [0.25, 0.3) is 0 Å². The van der Waals surface area contributed by atoms with E-state index in [0.717, 1.165) is 49.9 Å². The summed E-state index contributed by atoms with van der Waals surface area (Å²) in [6.45, 7) is 3.21.